The Kier molecular flexibility index (Phi) is 2.73. The summed E-state index contributed by atoms with van der Waals surface area (Å²) in [5.41, 5.74) is 0. The summed E-state index contributed by atoms with van der Waals surface area (Å²) in [6, 6.07) is 6.49. The molecule has 2 aromatic rings. The highest BCUT2D eigenvalue weighted by Crippen LogP contribution is 1.78. The van der Waals surface area contributed by atoms with Gasteiger partial charge in [0.15, 0.2) is 0 Å². The summed E-state index contributed by atoms with van der Waals surface area (Å²) in [6.45, 7) is 0. The summed E-state index contributed by atoms with van der Waals surface area (Å²) >= 11 is 0. The Morgan fingerprint density at radius 3 is 1.31 bits per heavy atom. The molecule has 2 aromatic heterocycles. The zero-order valence-electron chi connectivity index (χ0n) is 8.30. The summed E-state index contributed by atoms with van der Waals surface area (Å²) in [6.07, 6.45) is 5.84. The molecule has 0 aromatic carbocycles. The zero-order chi connectivity index (χ0) is 11.4. The average molecular weight is 218 g/mol. The van der Waals surface area contributed by atoms with E-state index in [1.807, 2.05) is 0 Å². The van der Waals surface area contributed by atoms with E-state index in [0.29, 0.717) is 10.7 Å². The van der Waals surface area contributed by atoms with Crippen LogP contribution in [0.15, 0.2) is 59.3 Å². The molecular weight excluding hydrogens is 208 g/mol. The van der Waals surface area contributed by atoms with Gasteiger partial charge >= 0.3 is 0 Å². The number of nitrogens with zero attached hydrogens (tertiary/aromatic N) is 4. The monoisotopic (exact) mass is 218 g/mol. The Hall–Kier alpha value is -2.50. The lowest BCUT2D eigenvalue weighted by atomic mass is 10.5. The molecule has 6 heteroatoms. The minimum absolute atomic E-state index is 0.631. The third-order valence-corrected chi connectivity index (χ3v) is 1.87. The van der Waals surface area contributed by atoms with E-state index in [1.54, 1.807) is 24.3 Å². The van der Waals surface area contributed by atoms with Crippen LogP contribution in [-0.4, -0.2) is 19.9 Å². The molecular formula is C10H10N4O2. The molecule has 82 valence electrons. The van der Waals surface area contributed by atoms with Crippen molar-refractivity contribution in [2.45, 2.75) is 0 Å². The van der Waals surface area contributed by atoms with Crippen LogP contribution in [0.1, 0.15) is 0 Å². The van der Waals surface area contributed by atoms with E-state index in [9.17, 15) is 0 Å². The van der Waals surface area contributed by atoms with Crippen LogP contribution < -0.4 is 10.7 Å². The fourth-order valence-electron chi connectivity index (χ4n) is 1.07. The van der Waals surface area contributed by atoms with Gasteiger partial charge in [0, 0.05) is 24.8 Å². The first kappa shape index (κ1) is 10.0. The van der Waals surface area contributed by atoms with E-state index in [1.165, 1.54) is 24.8 Å². The van der Waals surface area contributed by atoms with Crippen LogP contribution in [0.2, 0.25) is 0 Å². The molecule has 0 aliphatic carbocycles. The van der Waals surface area contributed by atoms with E-state index in [2.05, 4.69) is 10.2 Å². The molecule has 2 rings (SSSR count). The fraction of sp³-hybridized carbons (Fsp3) is 0. The maximum atomic E-state index is 8.99. The van der Waals surface area contributed by atoms with Crippen LogP contribution in [-0.2, 0) is 0 Å². The molecule has 2 heterocycles. The van der Waals surface area contributed by atoms with Crippen molar-refractivity contribution in [1.29, 1.82) is 0 Å². The molecule has 6 nitrogen and oxygen atoms in total. The van der Waals surface area contributed by atoms with Crippen LogP contribution in [0.25, 0.3) is 0 Å². The van der Waals surface area contributed by atoms with E-state index >= 15 is 0 Å². The highest BCUT2D eigenvalue weighted by Gasteiger charge is 1.83. The molecule has 0 radical (unpaired) electrons. The molecule has 0 bridgehead atoms. The van der Waals surface area contributed by atoms with Crippen LogP contribution in [0, 0.1) is 0 Å². The quantitative estimate of drug-likeness (QED) is 0.529. The highest BCUT2D eigenvalue weighted by molar-refractivity contribution is 4.93. The molecule has 0 atom stereocenters. The van der Waals surface area contributed by atoms with Gasteiger partial charge in [-0.25, -0.2) is 9.46 Å². The van der Waals surface area contributed by atoms with Gasteiger partial charge in [-0.05, 0) is 24.3 Å². The molecule has 16 heavy (non-hydrogen) atoms. The van der Waals surface area contributed by atoms with Crippen LogP contribution in [0.4, 0.5) is 0 Å². The molecule has 0 aliphatic heterocycles. The molecule has 2 N–H and O–H groups in total. The molecule has 0 amide bonds. The summed E-state index contributed by atoms with van der Waals surface area (Å²) in [4.78, 5) is 0. The van der Waals surface area contributed by atoms with Crippen molar-refractivity contribution in [3.8, 4) is 0 Å². The summed E-state index contributed by atoms with van der Waals surface area (Å²) < 4.78 is 1.85. The first-order valence-corrected chi connectivity index (χ1v) is 4.57. The van der Waals surface area contributed by atoms with E-state index in [0.717, 1.165) is 9.46 Å². The Morgan fingerprint density at radius 2 is 1.00 bits per heavy atom. The van der Waals surface area contributed by atoms with Crippen molar-refractivity contribution in [1.82, 2.24) is 9.46 Å². The molecule has 0 saturated heterocycles. The molecule has 0 aliphatic rings. The second-order valence-corrected chi connectivity index (χ2v) is 3.07. The van der Waals surface area contributed by atoms with Crippen molar-refractivity contribution in [2.75, 3.05) is 0 Å². The van der Waals surface area contributed by atoms with E-state index in [4.69, 9.17) is 10.4 Å². The third kappa shape index (κ3) is 2.50. The summed E-state index contributed by atoms with van der Waals surface area (Å²) in [7, 11) is 0. The highest BCUT2D eigenvalue weighted by atomic mass is 16.5. The Labute approximate surface area is 90.6 Å². The lowest BCUT2D eigenvalue weighted by Crippen LogP contribution is -2.06. The normalized spacial score (nSPS) is 9.75. The average Bonchev–Trinajstić information content (AvgIpc) is 2.30. The number of pyridine rings is 2. The minimum Gasteiger partial charge on any atom is -0.429 e. The second-order valence-electron chi connectivity index (χ2n) is 3.07. The third-order valence-electron chi connectivity index (χ3n) is 1.87. The van der Waals surface area contributed by atoms with Gasteiger partial charge in [-0.2, -0.15) is 10.2 Å². The van der Waals surface area contributed by atoms with Crippen molar-refractivity contribution in [3.63, 3.8) is 0 Å². The van der Waals surface area contributed by atoms with Gasteiger partial charge in [-0.1, -0.05) is 0 Å². The van der Waals surface area contributed by atoms with Gasteiger partial charge in [0.05, 0.1) is 10.7 Å². The maximum absolute atomic E-state index is 8.99. The smallest absolute Gasteiger partial charge is 0.0888 e. The Balaban J connectivity index is 2.35. The number of aromatic nitrogens is 2. The second kappa shape index (κ2) is 4.35. The minimum atomic E-state index is 0.631. The lowest BCUT2D eigenvalue weighted by Gasteiger charge is -1.93. The number of rotatable bonds is 1. The fourth-order valence-corrected chi connectivity index (χ4v) is 1.07. The van der Waals surface area contributed by atoms with Gasteiger partial charge in [-0.15, -0.1) is 0 Å². The topological polar surface area (TPSA) is 75.0 Å². The van der Waals surface area contributed by atoms with Crippen LogP contribution in [0.5, 0.6) is 0 Å². The first-order valence-electron chi connectivity index (χ1n) is 4.57. The van der Waals surface area contributed by atoms with Crippen molar-refractivity contribution in [2.24, 2.45) is 10.2 Å². The largest absolute Gasteiger partial charge is 0.429 e. The van der Waals surface area contributed by atoms with Gasteiger partial charge in [0.25, 0.3) is 0 Å². The van der Waals surface area contributed by atoms with E-state index < -0.39 is 0 Å². The van der Waals surface area contributed by atoms with Crippen LogP contribution in [0.3, 0.4) is 0 Å². The predicted octanol–water partition coefficient (Wildman–Crippen LogP) is 0.181. The van der Waals surface area contributed by atoms with Gasteiger partial charge in [0.2, 0.25) is 0 Å². The Bertz CT molecular complexity index is 516. The van der Waals surface area contributed by atoms with Crippen molar-refractivity contribution in [3.05, 3.63) is 59.8 Å². The van der Waals surface area contributed by atoms with Crippen LogP contribution >= 0.6 is 0 Å². The van der Waals surface area contributed by atoms with Gasteiger partial charge < -0.3 is 10.4 Å². The maximum Gasteiger partial charge on any atom is 0.0888 e. The number of hydrogen-bond acceptors (Lipinski definition) is 4. The summed E-state index contributed by atoms with van der Waals surface area (Å²) in [5.74, 6) is 0. The standard InChI is InChI=1S/C10H10N4O2/c15-13-5-1-9(2-6-13)11-12-10-3-7-14(16)8-4-10/h1-8,15-16H. The van der Waals surface area contributed by atoms with E-state index in [-0.39, 0.29) is 0 Å². The number of hydrogen-bond donors (Lipinski definition) is 2. The molecule has 0 spiro atoms. The van der Waals surface area contributed by atoms with Crippen molar-refractivity contribution < 1.29 is 10.4 Å². The zero-order valence-corrected chi connectivity index (χ0v) is 8.30. The predicted molar refractivity (Wildman–Crippen MR) is 54.4 cm³/mol. The first-order chi connectivity index (χ1) is 7.74. The van der Waals surface area contributed by atoms with Gasteiger partial charge in [-0.3, -0.25) is 0 Å². The lowest BCUT2D eigenvalue weighted by molar-refractivity contribution is 0.183. The summed E-state index contributed by atoms with van der Waals surface area (Å²) in [5, 5.41) is 27.1. The van der Waals surface area contributed by atoms with Gasteiger partial charge in [0.1, 0.15) is 0 Å². The Morgan fingerprint density at radius 1 is 0.688 bits per heavy atom. The van der Waals surface area contributed by atoms with Crippen molar-refractivity contribution >= 4 is 0 Å². The molecule has 0 unspecified atom stereocenters. The molecule has 0 fully saturated rings. The SMILES string of the molecule is On1ccc(=NN=c2ccn(O)cc2)cc1. The molecule has 0 saturated carbocycles.